The van der Waals surface area contributed by atoms with Crippen molar-refractivity contribution in [2.75, 3.05) is 0 Å². The molecule has 0 unspecified atom stereocenters. The molecule has 0 amide bonds. The van der Waals surface area contributed by atoms with Crippen molar-refractivity contribution in [1.82, 2.24) is 0 Å². The van der Waals surface area contributed by atoms with Gasteiger partial charge < -0.3 is 1.43 Å². The average Bonchev–Trinajstić information content (AvgIpc) is 2.59. The van der Waals surface area contributed by atoms with Gasteiger partial charge in [0.1, 0.15) is 0 Å². The number of benzene rings is 1. The van der Waals surface area contributed by atoms with Crippen LogP contribution in [0.4, 0.5) is 0 Å². The fourth-order valence-corrected chi connectivity index (χ4v) is 1.48. The molecule has 0 saturated heterocycles. The second-order valence-corrected chi connectivity index (χ2v) is 3.12. The number of hydrogen-bond acceptors (Lipinski definition) is 0. The summed E-state index contributed by atoms with van der Waals surface area (Å²) in [5, 5.41) is 0. The van der Waals surface area contributed by atoms with Crippen LogP contribution in [0.1, 0.15) is 13.4 Å². The third-order valence-electron chi connectivity index (χ3n) is 2.12. The van der Waals surface area contributed by atoms with Crippen LogP contribution in [0.2, 0.25) is 0 Å². The van der Waals surface area contributed by atoms with Crippen LogP contribution in [0.25, 0.3) is 0 Å². The van der Waals surface area contributed by atoms with Crippen molar-refractivity contribution in [3.05, 3.63) is 59.7 Å². The first-order valence-electron chi connectivity index (χ1n) is 4.33. The van der Waals surface area contributed by atoms with E-state index in [2.05, 4.69) is 48.6 Å². The van der Waals surface area contributed by atoms with Gasteiger partial charge in [0.2, 0.25) is 0 Å². The largest absolute Gasteiger partial charge is 1.00 e. The zero-order chi connectivity index (χ0) is 8.23. The summed E-state index contributed by atoms with van der Waals surface area (Å²) in [7, 11) is 0. The molecule has 62 valence electrons. The van der Waals surface area contributed by atoms with Crippen LogP contribution in [0.3, 0.4) is 0 Å². The van der Waals surface area contributed by atoms with E-state index in [0.717, 1.165) is 12.8 Å². The fraction of sp³-hybridized carbons (Fsp3) is 0.167. The molecule has 0 atom stereocenters. The van der Waals surface area contributed by atoms with E-state index in [-0.39, 0.29) is 20.3 Å². The van der Waals surface area contributed by atoms with Crippen LogP contribution in [-0.2, 0) is 6.42 Å². The molecule has 0 bridgehead atoms. The van der Waals surface area contributed by atoms with Gasteiger partial charge in [0.05, 0.1) is 0 Å². The molecule has 0 nitrogen and oxygen atoms in total. The van der Waals surface area contributed by atoms with Crippen molar-refractivity contribution < 1.29 is 20.3 Å². The summed E-state index contributed by atoms with van der Waals surface area (Å²) in [6.45, 7) is 0. The van der Waals surface area contributed by atoms with E-state index < -0.39 is 0 Å². The van der Waals surface area contributed by atoms with Crippen LogP contribution in [0.5, 0.6) is 0 Å². The minimum Gasteiger partial charge on any atom is -1.00 e. The molecule has 1 aliphatic carbocycles. The first-order valence-corrected chi connectivity index (χ1v) is 4.33. The van der Waals surface area contributed by atoms with E-state index in [1.165, 1.54) is 11.1 Å². The number of hydrogen-bond donors (Lipinski definition) is 0. The van der Waals surface area contributed by atoms with Gasteiger partial charge in [-0.3, -0.25) is 0 Å². The van der Waals surface area contributed by atoms with E-state index in [9.17, 15) is 0 Å². The maximum Gasteiger partial charge on any atom is 1.00 e. The zero-order valence-electron chi connectivity index (χ0n) is 9.03. The topological polar surface area (TPSA) is 0 Å². The second-order valence-electron chi connectivity index (χ2n) is 3.12. The molecule has 2 rings (SSSR count). The Morgan fingerprint density at radius 1 is 1.15 bits per heavy atom. The van der Waals surface area contributed by atoms with Crippen LogP contribution >= 0.6 is 0 Å². The van der Waals surface area contributed by atoms with E-state index in [0.29, 0.717) is 0 Å². The van der Waals surface area contributed by atoms with Crippen molar-refractivity contribution in [2.24, 2.45) is 0 Å². The zero-order valence-corrected chi connectivity index (χ0v) is 8.03. The Bertz CT molecular complexity index is 314. The summed E-state index contributed by atoms with van der Waals surface area (Å²) in [5.74, 6) is 0. The molecule has 0 N–H and O–H groups in total. The van der Waals surface area contributed by atoms with Crippen LogP contribution in [0.15, 0.2) is 54.1 Å². The molecule has 0 fully saturated rings. The first-order chi connectivity index (χ1) is 5.95. The van der Waals surface area contributed by atoms with Gasteiger partial charge in [-0.25, -0.2) is 0 Å². The molecular formula is C12H13Li. The maximum absolute atomic E-state index is 2.22. The van der Waals surface area contributed by atoms with Crippen LogP contribution < -0.4 is 18.9 Å². The standard InChI is InChI=1S/C12H12.Li.H/c1-2-6-11(7-3-1)10-12-8-4-5-9-12;;/h1-8H,9-10H2;;/q;+1;-1. The quantitative estimate of drug-likeness (QED) is 0.549. The molecule has 0 radical (unpaired) electrons. The summed E-state index contributed by atoms with van der Waals surface area (Å²) in [5.41, 5.74) is 2.92. The molecule has 0 saturated carbocycles. The second kappa shape index (κ2) is 5.12. The monoisotopic (exact) mass is 164 g/mol. The van der Waals surface area contributed by atoms with E-state index in [4.69, 9.17) is 0 Å². The van der Waals surface area contributed by atoms with Crippen molar-refractivity contribution in [1.29, 1.82) is 0 Å². The Morgan fingerprint density at radius 3 is 2.54 bits per heavy atom. The van der Waals surface area contributed by atoms with Crippen molar-refractivity contribution >= 4 is 0 Å². The van der Waals surface area contributed by atoms with E-state index in [1.54, 1.807) is 0 Å². The van der Waals surface area contributed by atoms with Gasteiger partial charge in [-0.05, 0) is 18.4 Å². The molecule has 0 aromatic heterocycles. The van der Waals surface area contributed by atoms with Crippen molar-refractivity contribution in [3.63, 3.8) is 0 Å². The third-order valence-corrected chi connectivity index (χ3v) is 2.12. The normalized spacial score (nSPS) is 13.7. The fourth-order valence-electron chi connectivity index (χ4n) is 1.48. The van der Waals surface area contributed by atoms with Gasteiger partial charge in [-0.1, -0.05) is 54.1 Å². The Balaban J connectivity index is 0.000000845. The van der Waals surface area contributed by atoms with Gasteiger partial charge in [-0.15, -0.1) is 0 Å². The molecule has 0 spiro atoms. The van der Waals surface area contributed by atoms with Gasteiger partial charge >= 0.3 is 18.9 Å². The Labute approximate surface area is 93.0 Å². The Kier molecular flexibility index (Phi) is 4.09. The summed E-state index contributed by atoms with van der Waals surface area (Å²) < 4.78 is 0. The van der Waals surface area contributed by atoms with E-state index >= 15 is 0 Å². The molecule has 1 aromatic carbocycles. The predicted octanol–water partition coefficient (Wildman–Crippen LogP) is 0.232. The predicted molar refractivity (Wildman–Crippen MR) is 53.1 cm³/mol. The van der Waals surface area contributed by atoms with Gasteiger partial charge in [-0.2, -0.15) is 0 Å². The van der Waals surface area contributed by atoms with Crippen LogP contribution in [-0.4, -0.2) is 0 Å². The minimum atomic E-state index is 0. The molecule has 13 heavy (non-hydrogen) atoms. The molecule has 1 heteroatoms. The number of allylic oxidation sites excluding steroid dienone is 4. The van der Waals surface area contributed by atoms with Crippen molar-refractivity contribution in [3.8, 4) is 0 Å². The van der Waals surface area contributed by atoms with E-state index in [1.807, 2.05) is 0 Å². The van der Waals surface area contributed by atoms with Gasteiger partial charge in [0.25, 0.3) is 0 Å². The summed E-state index contributed by atoms with van der Waals surface area (Å²) in [6, 6.07) is 10.6. The molecule has 1 aliphatic rings. The SMILES string of the molecule is C1=CCC(Cc2ccccc2)=C1.[H-].[Li+]. The molecular weight excluding hydrogens is 151 g/mol. The van der Waals surface area contributed by atoms with Gasteiger partial charge in [0, 0.05) is 0 Å². The molecule has 0 aliphatic heterocycles. The minimum absolute atomic E-state index is 0. The summed E-state index contributed by atoms with van der Waals surface area (Å²) in [6.07, 6.45) is 8.80. The Morgan fingerprint density at radius 2 is 1.92 bits per heavy atom. The Hall–Kier alpha value is -0.703. The molecule has 0 heterocycles. The number of rotatable bonds is 2. The van der Waals surface area contributed by atoms with Crippen LogP contribution in [0, 0.1) is 0 Å². The van der Waals surface area contributed by atoms with Gasteiger partial charge in [0.15, 0.2) is 0 Å². The summed E-state index contributed by atoms with van der Waals surface area (Å²) >= 11 is 0. The third kappa shape index (κ3) is 2.92. The average molecular weight is 164 g/mol. The van der Waals surface area contributed by atoms with Crippen molar-refractivity contribution in [2.45, 2.75) is 12.8 Å². The maximum atomic E-state index is 2.22. The summed E-state index contributed by atoms with van der Waals surface area (Å²) in [4.78, 5) is 0. The first kappa shape index (κ1) is 10.4. The smallest absolute Gasteiger partial charge is 1.00 e. The molecule has 1 aromatic rings.